The zero-order chi connectivity index (χ0) is 9.68. The molecule has 0 aromatic carbocycles. The number of nitrogens with one attached hydrogen (secondary N) is 1. The van der Waals surface area contributed by atoms with E-state index in [1.54, 1.807) is 12.0 Å². The van der Waals surface area contributed by atoms with Crippen molar-refractivity contribution in [3.8, 4) is 0 Å². The van der Waals surface area contributed by atoms with Gasteiger partial charge in [-0.25, -0.2) is 10.3 Å². The molecule has 0 radical (unpaired) electrons. The molecule has 1 fully saturated rings. The van der Waals surface area contributed by atoms with Gasteiger partial charge in [0.15, 0.2) is 0 Å². The van der Waals surface area contributed by atoms with Gasteiger partial charge in [-0.15, -0.1) is 0 Å². The Morgan fingerprint density at radius 2 is 2.23 bits per heavy atom. The minimum absolute atomic E-state index is 0.108. The molecule has 13 heavy (non-hydrogen) atoms. The molecule has 1 aliphatic rings. The maximum atomic E-state index is 11.4. The van der Waals surface area contributed by atoms with Crippen molar-refractivity contribution in [1.82, 2.24) is 10.4 Å². The van der Waals surface area contributed by atoms with Gasteiger partial charge in [-0.1, -0.05) is 0 Å². The smallest absolute Gasteiger partial charge is 0.343 e. The second-order valence-electron chi connectivity index (χ2n) is 2.99. The molecule has 76 valence electrons. The van der Waals surface area contributed by atoms with Crippen molar-refractivity contribution in [2.45, 2.75) is 25.5 Å². The van der Waals surface area contributed by atoms with Crippen LogP contribution in [0.3, 0.4) is 0 Å². The number of piperidine rings is 1. The average molecular weight is 188 g/mol. The molecule has 2 amide bonds. The topological polar surface area (TPSA) is 50.8 Å². The average Bonchev–Trinajstić information content (AvgIpc) is 2.18. The first kappa shape index (κ1) is 10.3. The lowest BCUT2D eigenvalue weighted by Gasteiger charge is -2.33. The summed E-state index contributed by atoms with van der Waals surface area (Å²) in [4.78, 5) is 17.6. The lowest BCUT2D eigenvalue weighted by molar-refractivity contribution is -0.0405. The van der Waals surface area contributed by atoms with Crippen LogP contribution in [0, 0.1) is 0 Å². The SMILES string of the molecule is CONC(=O)N1CCCCC1OC. The normalized spacial score (nSPS) is 22.9. The zero-order valence-electron chi connectivity index (χ0n) is 8.08. The molecule has 0 spiro atoms. The molecule has 0 bridgehead atoms. The van der Waals surface area contributed by atoms with E-state index in [2.05, 4.69) is 10.3 Å². The number of carbonyl (C=O) groups is 1. The van der Waals surface area contributed by atoms with E-state index in [1.807, 2.05) is 0 Å². The number of hydrogen-bond donors (Lipinski definition) is 1. The molecule has 1 aliphatic heterocycles. The second-order valence-corrected chi connectivity index (χ2v) is 2.99. The summed E-state index contributed by atoms with van der Waals surface area (Å²) in [7, 11) is 3.03. The van der Waals surface area contributed by atoms with Crippen molar-refractivity contribution in [2.75, 3.05) is 20.8 Å². The molecule has 0 aliphatic carbocycles. The highest BCUT2D eigenvalue weighted by Crippen LogP contribution is 2.16. The van der Waals surface area contributed by atoms with Gasteiger partial charge in [-0.05, 0) is 19.3 Å². The quantitative estimate of drug-likeness (QED) is 0.649. The third-order valence-electron chi connectivity index (χ3n) is 2.17. The fraction of sp³-hybridized carbons (Fsp3) is 0.875. The van der Waals surface area contributed by atoms with Crippen molar-refractivity contribution in [1.29, 1.82) is 0 Å². The fourth-order valence-electron chi connectivity index (χ4n) is 1.52. The Labute approximate surface area is 77.9 Å². The Morgan fingerprint density at radius 3 is 2.85 bits per heavy atom. The standard InChI is InChI=1S/C8H16N2O3/c1-12-7-5-3-4-6-10(7)8(11)9-13-2/h7H,3-6H2,1-2H3,(H,9,11). The lowest BCUT2D eigenvalue weighted by Crippen LogP contribution is -2.49. The van der Waals surface area contributed by atoms with E-state index in [9.17, 15) is 4.79 Å². The Kier molecular flexibility index (Phi) is 3.98. The van der Waals surface area contributed by atoms with Gasteiger partial charge in [0.2, 0.25) is 0 Å². The number of likely N-dealkylation sites (tertiary alicyclic amines) is 1. The minimum atomic E-state index is -0.228. The molecule has 5 heteroatoms. The first-order chi connectivity index (χ1) is 6.29. The number of hydroxylamine groups is 1. The summed E-state index contributed by atoms with van der Waals surface area (Å²) in [5.74, 6) is 0. The van der Waals surface area contributed by atoms with Crippen LogP contribution in [0.1, 0.15) is 19.3 Å². The second kappa shape index (κ2) is 5.04. The van der Waals surface area contributed by atoms with Crippen molar-refractivity contribution >= 4 is 6.03 Å². The summed E-state index contributed by atoms with van der Waals surface area (Å²) in [6, 6.07) is -0.228. The predicted octanol–water partition coefficient (Wildman–Crippen LogP) is 0.716. The molecule has 0 aromatic heterocycles. The molecule has 0 saturated carbocycles. The first-order valence-electron chi connectivity index (χ1n) is 4.42. The van der Waals surface area contributed by atoms with Crippen LogP contribution in [-0.4, -0.2) is 37.9 Å². The predicted molar refractivity (Wildman–Crippen MR) is 46.9 cm³/mol. The van der Waals surface area contributed by atoms with Crippen molar-refractivity contribution in [2.24, 2.45) is 0 Å². The lowest BCUT2D eigenvalue weighted by atomic mass is 10.1. The largest absolute Gasteiger partial charge is 0.361 e. The Balaban J connectivity index is 2.48. The molecule has 0 aromatic rings. The Morgan fingerprint density at radius 1 is 1.46 bits per heavy atom. The molecular weight excluding hydrogens is 172 g/mol. The van der Waals surface area contributed by atoms with Gasteiger partial charge in [-0.3, -0.25) is 9.74 Å². The summed E-state index contributed by atoms with van der Waals surface area (Å²) in [5, 5.41) is 0. The third kappa shape index (κ3) is 2.57. The highest BCUT2D eigenvalue weighted by atomic mass is 16.6. The number of rotatable bonds is 2. The van der Waals surface area contributed by atoms with Crippen LogP contribution in [-0.2, 0) is 9.57 Å². The monoisotopic (exact) mass is 188 g/mol. The van der Waals surface area contributed by atoms with E-state index in [1.165, 1.54) is 7.11 Å². The number of amides is 2. The number of hydrogen-bond acceptors (Lipinski definition) is 3. The zero-order valence-corrected chi connectivity index (χ0v) is 8.08. The number of methoxy groups -OCH3 is 1. The van der Waals surface area contributed by atoms with Gasteiger partial charge >= 0.3 is 6.03 Å². The highest BCUT2D eigenvalue weighted by molar-refractivity contribution is 5.73. The van der Waals surface area contributed by atoms with E-state index in [-0.39, 0.29) is 12.3 Å². The maximum absolute atomic E-state index is 11.4. The highest BCUT2D eigenvalue weighted by Gasteiger charge is 2.26. The van der Waals surface area contributed by atoms with Gasteiger partial charge in [-0.2, -0.15) is 0 Å². The van der Waals surface area contributed by atoms with Gasteiger partial charge < -0.3 is 4.74 Å². The summed E-state index contributed by atoms with van der Waals surface area (Å²) < 4.78 is 5.18. The summed E-state index contributed by atoms with van der Waals surface area (Å²) in [6.07, 6.45) is 2.92. The van der Waals surface area contributed by atoms with E-state index >= 15 is 0 Å². The summed E-state index contributed by atoms with van der Waals surface area (Å²) >= 11 is 0. The summed E-state index contributed by atoms with van der Waals surface area (Å²) in [6.45, 7) is 0.730. The van der Waals surface area contributed by atoms with Crippen LogP contribution in [0.25, 0.3) is 0 Å². The molecular formula is C8H16N2O3. The van der Waals surface area contributed by atoms with Crippen LogP contribution in [0.15, 0.2) is 0 Å². The van der Waals surface area contributed by atoms with Crippen LogP contribution in [0.2, 0.25) is 0 Å². The Hall–Kier alpha value is -0.810. The molecule has 1 rings (SSSR count). The van der Waals surface area contributed by atoms with Gasteiger partial charge in [0.05, 0.1) is 7.11 Å². The van der Waals surface area contributed by atoms with E-state index in [4.69, 9.17) is 4.74 Å². The number of carbonyl (C=O) groups excluding carboxylic acids is 1. The van der Waals surface area contributed by atoms with Gasteiger partial charge in [0.1, 0.15) is 6.23 Å². The van der Waals surface area contributed by atoms with E-state index < -0.39 is 0 Å². The van der Waals surface area contributed by atoms with E-state index in [0.29, 0.717) is 0 Å². The third-order valence-corrected chi connectivity index (χ3v) is 2.17. The summed E-state index contributed by atoms with van der Waals surface area (Å²) in [5.41, 5.74) is 2.29. The van der Waals surface area contributed by atoms with Crippen LogP contribution in [0.5, 0.6) is 0 Å². The number of nitrogens with zero attached hydrogens (tertiary/aromatic N) is 1. The molecule has 1 heterocycles. The van der Waals surface area contributed by atoms with Crippen molar-refractivity contribution < 1.29 is 14.4 Å². The molecule has 1 atom stereocenters. The minimum Gasteiger partial charge on any atom is -0.361 e. The Bertz CT molecular complexity index is 175. The number of ether oxygens (including phenoxy) is 1. The molecule has 5 nitrogen and oxygen atoms in total. The van der Waals surface area contributed by atoms with Crippen molar-refractivity contribution in [3.05, 3.63) is 0 Å². The van der Waals surface area contributed by atoms with Crippen LogP contribution >= 0.6 is 0 Å². The van der Waals surface area contributed by atoms with Crippen molar-refractivity contribution in [3.63, 3.8) is 0 Å². The molecule has 1 unspecified atom stereocenters. The molecule has 1 N–H and O–H groups in total. The van der Waals surface area contributed by atoms with Gasteiger partial charge in [0.25, 0.3) is 0 Å². The van der Waals surface area contributed by atoms with Gasteiger partial charge in [0, 0.05) is 13.7 Å². The van der Waals surface area contributed by atoms with Crippen LogP contribution in [0.4, 0.5) is 4.79 Å². The number of urea groups is 1. The van der Waals surface area contributed by atoms with E-state index in [0.717, 1.165) is 25.8 Å². The maximum Gasteiger partial charge on any atom is 0.343 e. The first-order valence-corrected chi connectivity index (χ1v) is 4.42. The molecule has 1 saturated heterocycles. The van der Waals surface area contributed by atoms with Crippen LogP contribution < -0.4 is 5.48 Å². The fourth-order valence-corrected chi connectivity index (χ4v) is 1.52.